The number of rotatable bonds is 5. The van der Waals surface area contributed by atoms with Crippen LogP contribution in [0.25, 0.3) is 5.69 Å². The second-order valence-electron chi connectivity index (χ2n) is 5.48. The van der Waals surface area contributed by atoms with Gasteiger partial charge in [-0.2, -0.15) is 0 Å². The lowest BCUT2D eigenvalue weighted by Crippen LogP contribution is -2.19. The molecule has 1 heterocycles. The summed E-state index contributed by atoms with van der Waals surface area (Å²) in [5.74, 6) is -0.203. The molecular weight excluding hydrogens is 275 g/mol. The maximum absolute atomic E-state index is 14.0. The van der Waals surface area contributed by atoms with Gasteiger partial charge in [0.1, 0.15) is 5.82 Å². The molecule has 0 N–H and O–H groups in total. The zero-order chi connectivity index (χ0) is 15.4. The molecule has 0 aliphatic carbocycles. The molecule has 3 rings (SSSR count). The van der Waals surface area contributed by atoms with Crippen molar-refractivity contribution in [3.63, 3.8) is 0 Å². The van der Waals surface area contributed by atoms with Crippen LogP contribution in [0.3, 0.4) is 0 Å². The molecule has 0 saturated carbocycles. The van der Waals surface area contributed by atoms with E-state index in [-0.39, 0.29) is 5.82 Å². The van der Waals surface area contributed by atoms with Gasteiger partial charge in [0.15, 0.2) is 0 Å². The van der Waals surface area contributed by atoms with E-state index in [1.54, 1.807) is 12.1 Å². The van der Waals surface area contributed by atoms with Crippen LogP contribution in [-0.2, 0) is 13.1 Å². The van der Waals surface area contributed by atoms with Crippen molar-refractivity contribution in [3.8, 4) is 5.69 Å². The van der Waals surface area contributed by atoms with Crippen molar-refractivity contribution < 1.29 is 4.39 Å². The fourth-order valence-corrected chi connectivity index (χ4v) is 2.65. The number of nitrogens with zero attached hydrogens (tertiary/aromatic N) is 2. The van der Waals surface area contributed by atoms with Gasteiger partial charge in [0, 0.05) is 25.0 Å². The van der Waals surface area contributed by atoms with Crippen LogP contribution in [-0.4, -0.2) is 16.5 Å². The lowest BCUT2D eigenvalue weighted by Gasteiger charge is -2.18. The monoisotopic (exact) mass is 294 g/mol. The van der Waals surface area contributed by atoms with E-state index in [1.807, 2.05) is 47.2 Å². The van der Waals surface area contributed by atoms with Crippen LogP contribution >= 0.6 is 0 Å². The molecule has 0 amide bonds. The molecule has 0 saturated heterocycles. The third-order valence-electron chi connectivity index (χ3n) is 3.67. The Hall–Kier alpha value is -2.39. The lowest BCUT2D eigenvalue weighted by molar-refractivity contribution is 0.313. The number of para-hydroxylation sites is 1. The van der Waals surface area contributed by atoms with Crippen LogP contribution in [0, 0.1) is 5.82 Å². The van der Waals surface area contributed by atoms with Gasteiger partial charge in [-0.15, -0.1) is 0 Å². The van der Waals surface area contributed by atoms with Gasteiger partial charge in [-0.25, -0.2) is 4.39 Å². The van der Waals surface area contributed by atoms with E-state index in [0.29, 0.717) is 5.69 Å². The van der Waals surface area contributed by atoms with Crippen LogP contribution in [0.4, 0.5) is 4.39 Å². The first-order valence-corrected chi connectivity index (χ1v) is 7.37. The van der Waals surface area contributed by atoms with E-state index in [1.165, 1.54) is 11.6 Å². The summed E-state index contributed by atoms with van der Waals surface area (Å²) in [4.78, 5) is 2.22. The fourth-order valence-electron chi connectivity index (χ4n) is 2.65. The Labute approximate surface area is 130 Å². The Bertz CT molecular complexity index is 734. The maximum Gasteiger partial charge on any atom is 0.147 e. The summed E-state index contributed by atoms with van der Waals surface area (Å²) in [6.45, 7) is 1.62. The van der Waals surface area contributed by atoms with Crippen LogP contribution in [0.2, 0.25) is 0 Å². The van der Waals surface area contributed by atoms with Crippen molar-refractivity contribution >= 4 is 0 Å². The fraction of sp³-hybridized carbons (Fsp3) is 0.158. The average Bonchev–Trinajstić information content (AvgIpc) is 2.96. The van der Waals surface area contributed by atoms with Gasteiger partial charge < -0.3 is 4.57 Å². The van der Waals surface area contributed by atoms with E-state index in [9.17, 15) is 4.39 Å². The number of halogens is 1. The average molecular weight is 294 g/mol. The second-order valence-corrected chi connectivity index (χ2v) is 5.48. The van der Waals surface area contributed by atoms with Crippen molar-refractivity contribution in [2.24, 2.45) is 0 Å². The summed E-state index contributed by atoms with van der Waals surface area (Å²) in [5.41, 5.74) is 2.94. The highest BCUT2D eigenvalue weighted by atomic mass is 19.1. The van der Waals surface area contributed by atoms with Crippen LogP contribution < -0.4 is 0 Å². The molecule has 0 unspecified atom stereocenters. The quantitative estimate of drug-likeness (QED) is 0.683. The van der Waals surface area contributed by atoms with Crippen molar-refractivity contribution in [3.05, 3.63) is 90.0 Å². The molecule has 112 valence electrons. The maximum atomic E-state index is 14.0. The van der Waals surface area contributed by atoms with Gasteiger partial charge in [-0.1, -0.05) is 42.5 Å². The van der Waals surface area contributed by atoms with Crippen molar-refractivity contribution in [2.45, 2.75) is 13.1 Å². The standard InChI is InChI=1S/C19H19FN2/c1-21(14-16-8-3-2-4-9-16)15-17-10-7-13-22(17)19-12-6-5-11-18(19)20/h2-13H,14-15H2,1H3. The van der Waals surface area contributed by atoms with Crippen LogP contribution in [0.15, 0.2) is 72.9 Å². The molecule has 3 heteroatoms. The summed E-state index contributed by atoms with van der Waals surface area (Å²) in [7, 11) is 2.08. The summed E-state index contributed by atoms with van der Waals surface area (Å²) in [5, 5.41) is 0. The van der Waals surface area contributed by atoms with E-state index >= 15 is 0 Å². The summed E-state index contributed by atoms with van der Waals surface area (Å²) < 4.78 is 15.9. The Morgan fingerprint density at radius 1 is 0.864 bits per heavy atom. The predicted molar refractivity (Wildman–Crippen MR) is 87.3 cm³/mol. The summed E-state index contributed by atoms with van der Waals surface area (Å²) >= 11 is 0. The molecule has 0 bridgehead atoms. The zero-order valence-electron chi connectivity index (χ0n) is 12.6. The highest BCUT2D eigenvalue weighted by Crippen LogP contribution is 2.17. The highest BCUT2D eigenvalue weighted by Gasteiger charge is 2.09. The Balaban J connectivity index is 1.77. The SMILES string of the molecule is CN(Cc1ccccc1)Cc1cccn1-c1ccccc1F. The van der Waals surface area contributed by atoms with Gasteiger partial charge in [0.05, 0.1) is 5.69 Å². The Kier molecular flexibility index (Phi) is 4.35. The minimum Gasteiger partial charge on any atom is -0.317 e. The number of aromatic nitrogens is 1. The third kappa shape index (κ3) is 3.26. The van der Waals surface area contributed by atoms with Crippen molar-refractivity contribution in [1.82, 2.24) is 9.47 Å². The Morgan fingerprint density at radius 3 is 2.36 bits per heavy atom. The number of benzene rings is 2. The van der Waals surface area contributed by atoms with Gasteiger partial charge >= 0.3 is 0 Å². The summed E-state index contributed by atoms with van der Waals surface area (Å²) in [6, 6.07) is 21.2. The van der Waals surface area contributed by atoms with Gasteiger partial charge in [-0.3, -0.25) is 4.90 Å². The molecule has 0 spiro atoms. The Morgan fingerprint density at radius 2 is 1.59 bits per heavy atom. The molecule has 2 nitrogen and oxygen atoms in total. The topological polar surface area (TPSA) is 8.17 Å². The third-order valence-corrected chi connectivity index (χ3v) is 3.67. The molecule has 0 aliphatic rings. The second kappa shape index (κ2) is 6.58. The normalized spacial score (nSPS) is 11.0. The van der Waals surface area contributed by atoms with E-state index in [2.05, 4.69) is 24.1 Å². The molecule has 2 aromatic carbocycles. The minimum atomic E-state index is -0.203. The van der Waals surface area contributed by atoms with Crippen molar-refractivity contribution in [1.29, 1.82) is 0 Å². The minimum absolute atomic E-state index is 0.203. The molecule has 22 heavy (non-hydrogen) atoms. The van der Waals surface area contributed by atoms with E-state index in [4.69, 9.17) is 0 Å². The van der Waals surface area contributed by atoms with Gasteiger partial charge in [0.25, 0.3) is 0 Å². The molecule has 1 aromatic heterocycles. The number of hydrogen-bond donors (Lipinski definition) is 0. The van der Waals surface area contributed by atoms with E-state index < -0.39 is 0 Å². The van der Waals surface area contributed by atoms with E-state index in [0.717, 1.165) is 18.8 Å². The van der Waals surface area contributed by atoms with Gasteiger partial charge in [0.2, 0.25) is 0 Å². The van der Waals surface area contributed by atoms with Gasteiger partial charge in [-0.05, 0) is 36.9 Å². The molecular formula is C19H19FN2. The van der Waals surface area contributed by atoms with Crippen molar-refractivity contribution in [2.75, 3.05) is 7.05 Å². The van der Waals surface area contributed by atoms with Crippen LogP contribution in [0.1, 0.15) is 11.3 Å². The largest absolute Gasteiger partial charge is 0.317 e. The lowest BCUT2D eigenvalue weighted by atomic mass is 10.2. The first kappa shape index (κ1) is 14.5. The van der Waals surface area contributed by atoms with Crippen LogP contribution in [0.5, 0.6) is 0 Å². The molecule has 0 atom stereocenters. The summed E-state index contributed by atoms with van der Waals surface area (Å²) in [6.07, 6.45) is 1.91. The number of hydrogen-bond acceptors (Lipinski definition) is 1. The molecule has 0 aliphatic heterocycles. The highest BCUT2D eigenvalue weighted by molar-refractivity contribution is 5.36. The molecule has 0 radical (unpaired) electrons. The smallest absolute Gasteiger partial charge is 0.147 e. The first-order chi connectivity index (χ1) is 10.7. The zero-order valence-corrected chi connectivity index (χ0v) is 12.6. The first-order valence-electron chi connectivity index (χ1n) is 7.37. The molecule has 3 aromatic rings. The molecule has 0 fully saturated rings. The predicted octanol–water partition coefficient (Wildman–Crippen LogP) is 4.25.